The average molecular weight is 388 g/mol. The second-order valence-electron chi connectivity index (χ2n) is 6.85. The Labute approximate surface area is 161 Å². The van der Waals surface area contributed by atoms with Gasteiger partial charge >= 0.3 is 0 Å². The number of nitrogens with one attached hydrogen (secondary N) is 1. The van der Waals surface area contributed by atoms with Crippen LogP contribution in [0.5, 0.6) is 0 Å². The van der Waals surface area contributed by atoms with Gasteiger partial charge in [0.05, 0.1) is 18.6 Å². The molecule has 0 atom stereocenters. The summed E-state index contributed by atoms with van der Waals surface area (Å²) in [5.41, 5.74) is 2.03. The Morgan fingerprint density at radius 2 is 1.96 bits per heavy atom. The van der Waals surface area contributed by atoms with Crippen molar-refractivity contribution in [3.8, 4) is 0 Å². The molecule has 2 aromatic heterocycles. The molecule has 0 amide bonds. The average Bonchev–Trinajstić information content (AvgIpc) is 3.29. The van der Waals surface area contributed by atoms with Gasteiger partial charge in [-0.1, -0.05) is 68.1 Å². The first-order valence-electron chi connectivity index (χ1n) is 8.28. The Morgan fingerprint density at radius 1 is 1.19 bits per heavy atom. The minimum absolute atomic E-state index is 0.0853. The number of nitrogens with zero attached hydrogens (tertiary/aromatic N) is 2. The molecule has 0 saturated carbocycles. The summed E-state index contributed by atoms with van der Waals surface area (Å²) >= 11 is 2.84. The number of hydrogen-bond donors (Lipinski definition) is 1. The summed E-state index contributed by atoms with van der Waals surface area (Å²) in [4.78, 5) is 12.4. The maximum atomic E-state index is 12.4. The maximum Gasteiger partial charge on any atom is 0.206 e. The zero-order valence-corrected chi connectivity index (χ0v) is 16.6. The van der Waals surface area contributed by atoms with Gasteiger partial charge in [0.25, 0.3) is 0 Å². The van der Waals surface area contributed by atoms with E-state index >= 15 is 0 Å². The van der Waals surface area contributed by atoms with E-state index in [0.29, 0.717) is 17.4 Å². The molecular weight excluding hydrogens is 366 g/mol. The number of anilines is 1. The molecule has 0 aliphatic heterocycles. The Morgan fingerprint density at radius 3 is 2.62 bits per heavy atom. The number of carbonyl (C=O) groups excluding carboxylic acids is 1. The van der Waals surface area contributed by atoms with Crippen LogP contribution in [0.1, 0.15) is 42.5 Å². The standard InChI is InChI=1S/C19H21N3O2S2/c1-19(2,3)14-8-6-13(7-9-14)16(23)12-25-18-22-21-17(26-18)20-11-15-5-4-10-24-15/h4-10H,11-12H2,1-3H3,(H,20,21). The minimum Gasteiger partial charge on any atom is -0.467 e. The summed E-state index contributed by atoms with van der Waals surface area (Å²) in [6.07, 6.45) is 1.64. The molecule has 3 rings (SSSR count). The van der Waals surface area contributed by atoms with Gasteiger partial charge in [0.2, 0.25) is 5.13 Å². The fourth-order valence-electron chi connectivity index (χ4n) is 2.28. The van der Waals surface area contributed by atoms with Crippen LogP contribution in [0.25, 0.3) is 0 Å². The largest absolute Gasteiger partial charge is 0.467 e. The lowest BCUT2D eigenvalue weighted by molar-refractivity contribution is 0.102. The Kier molecular flexibility index (Phi) is 5.78. The number of benzene rings is 1. The maximum absolute atomic E-state index is 12.4. The quantitative estimate of drug-likeness (QED) is 0.454. The molecule has 0 aliphatic carbocycles. The van der Waals surface area contributed by atoms with Crippen molar-refractivity contribution >= 4 is 34.0 Å². The van der Waals surface area contributed by atoms with Crippen LogP contribution in [0.3, 0.4) is 0 Å². The molecule has 0 saturated heterocycles. The van der Waals surface area contributed by atoms with Gasteiger partial charge in [0, 0.05) is 5.56 Å². The Bertz CT molecular complexity index is 850. The van der Waals surface area contributed by atoms with Crippen molar-refractivity contribution in [2.75, 3.05) is 11.1 Å². The smallest absolute Gasteiger partial charge is 0.206 e. The highest BCUT2D eigenvalue weighted by Crippen LogP contribution is 2.27. The summed E-state index contributed by atoms with van der Waals surface area (Å²) in [7, 11) is 0. The zero-order chi connectivity index (χ0) is 18.6. The van der Waals surface area contributed by atoms with Gasteiger partial charge in [-0.15, -0.1) is 10.2 Å². The SMILES string of the molecule is CC(C)(C)c1ccc(C(=O)CSc2nnc(NCc3ccco3)s2)cc1. The van der Waals surface area contributed by atoms with Crippen LogP contribution in [0.15, 0.2) is 51.4 Å². The predicted molar refractivity (Wildman–Crippen MR) is 106 cm³/mol. The monoisotopic (exact) mass is 387 g/mol. The van der Waals surface area contributed by atoms with Crippen LogP contribution in [0.2, 0.25) is 0 Å². The number of ketones is 1. The molecule has 0 spiro atoms. The fraction of sp³-hybridized carbons (Fsp3) is 0.316. The number of furan rings is 1. The molecule has 2 heterocycles. The number of Topliss-reactive ketones (excluding diaryl/α,β-unsaturated/α-hetero) is 1. The number of hydrogen-bond acceptors (Lipinski definition) is 7. The van der Waals surface area contributed by atoms with Gasteiger partial charge in [0.1, 0.15) is 5.76 Å². The van der Waals surface area contributed by atoms with Gasteiger partial charge < -0.3 is 9.73 Å². The van der Waals surface area contributed by atoms with Gasteiger partial charge in [-0.25, -0.2) is 0 Å². The minimum atomic E-state index is 0.0853. The van der Waals surface area contributed by atoms with Crippen molar-refractivity contribution in [1.82, 2.24) is 10.2 Å². The first kappa shape index (κ1) is 18.7. The lowest BCUT2D eigenvalue weighted by Gasteiger charge is -2.18. The number of carbonyl (C=O) groups is 1. The second kappa shape index (κ2) is 8.05. The first-order valence-corrected chi connectivity index (χ1v) is 10.1. The second-order valence-corrected chi connectivity index (χ2v) is 9.05. The fourth-order valence-corrected chi connectivity index (χ4v) is 3.92. The molecule has 5 nitrogen and oxygen atoms in total. The number of thioether (sulfide) groups is 1. The molecule has 1 aromatic carbocycles. The van der Waals surface area contributed by atoms with E-state index in [9.17, 15) is 4.79 Å². The molecular formula is C19H21N3O2S2. The van der Waals surface area contributed by atoms with Crippen LogP contribution in [-0.2, 0) is 12.0 Å². The van der Waals surface area contributed by atoms with Crippen molar-refractivity contribution in [1.29, 1.82) is 0 Å². The summed E-state index contributed by atoms with van der Waals surface area (Å²) < 4.78 is 6.03. The molecule has 26 heavy (non-hydrogen) atoms. The van der Waals surface area contributed by atoms with Crippen LogP contribution in [-0.4, -0.2) is 21.7 Å². The van der Waals surface area contributed by atoms with E-state index in [4.69, 9.17) is 4.42 Å². The van der Waals surface area contributed by atoms with E-state index in [1.54, 1.807) is 6.26 Å². The summed E-state index contributed by atoms with van der Waals surface area (Å²) in [6.45, 7) is 7.04. The van der Waals surface area contributed by atoms with Crippen LogP contribution >= 0.6 is 23.1 Å². The van der Waals surface area contributed by atoms with E-state index in [2.05, 4.69) is 36.3 Å². The molecule has 1 N–H and O–H groups in total. The van der Waals surface area contributed by atoms with Crippen LogP contribution in [0, 0.1) is 0 Å². The lowest BCUT2D eigenvalue weighted by Crippen LogP contribution is -2.11. The van der Waals surface area contributed by atoms with Gasteiger partial charge in [-0.3, -0.25) is 4.79 Å². The number of rotatable bonds is 7. The first-order chi connectivity index (χ1) is 12.4. The van der Waals surface area contributed by atoms with Crippen molar-refractivity contribution in [3.63, 3.8) is 0 Å². The molecule has 136 valence electrons. The van der Waals surface area contributed by atoms with E-state index in [1.807, 2.05) is 36.4 Å². The molecule has 0 radical (unpaired) electrons. The summed E-state index contributed by atoms with van der Waals surface area (Å²) in [6, 6.07) is 11.6. The van der Waals surface area contributed by atoms with Gasteiger partial charge in [0.15, 0.2) is 10.1 Å². The highest BCUT2D eigenvalue weighted by atomic mass is 32.2. The third kappa shape index (κ3) is 4.95. The Hall–Kier alpha value is -2.12. The molecule has 3 aromatic rings. The van der Waals surface area contributed by atoms with E-state index in [-0.39, 0.29) is 11.2 Å². The topological polar surface area (TPSA) is 68.0 Å². The summed E-state index contributed by atoms with van der Waals surface area (Å²) in [5.74, 6) is 1.28. The van der Waals surface area contributed by atoms with Crippen molar-refractivity contribution in [2.45, 2.75) is 37.1 Å². The highest BCUT2D eigenvalue weighted by molar-refractivity contribution is 8.01. The lowest BCUT2D eigenvalue weighted by atomic mass is 9.86. The van der Waals surface area contributed by atoms with Crippen LogP contribution in [0.4, 0.5) is 5.13 Å². The normalized spacial score (nSPS) is 11.5. The molecule has 0 unspecified atom stereocenters. The molecule has 7 heteroatoms. The van der Waals surface area contributed by atoms with Gasteiger partial charge in [-0.05, 0) is 23.1 Å². The van der Waals surface area contributed by atoms with Crippen molar-refractivity contribution in [2.24, 2.45) is 0 Å². The van der Waals surface area contributed by atoms with Crippen molar-refractivity contribution in [3.05, 3.63) is 59.5 Å². The molecule has 0 fully saturated rings. The molecule has 0 bridgehead atoms. The van der Waals surface area contributed by atoms with E-state index in [0.717, 1.165) is 15.7 Å². The predicted octanol–water partition coefficient (Wildman–Crippen LogP) is 5.02. The Balaban J connectivity index is 1.51. The molecule has 0 aliphatic rings. The number of aromatic nitrogens is 2. The van der Waals surface area contributed by atoms with Crippen LogP contribution < -0.4 is 5.32 Å². The highest BCUT2D eigenvalue weighted by Gasteiger charge is 2.15. The van der Waals surface area contributed by atoms with Crippen molar-refractivity contribution < 1.29 is 9.21 Å². The van der Waals surface area contributed by atoms with Gasteiger partial charge in [-0.2, -0.15) is 0 Å². The zero-order valence-electron chi connectivity index (χ0n) is 15.0. The third-order valence-corrected chi connectivity index (χ3v) is 5.81. The van der Waals surface area contributed by atoms with E-state index in [1.165, 1.54) is 28.7 Å². The van der Waals surface area contributed by atoms with E-state index < -0.39 is 0 Å². The third-order valence-electron chi connectivity index (χ3n) is 3.80. The summed E-state index contributed by atoms with van der Waals surface area (Å²) in [5, 5.41) is 12.1.